The van der Waals surface area contributed by atoms with Gasteiger partial charge in [-0.1, -0.05) is 11.2 Å². The molecule has 2 unspecified atom stereocenters. The number of ether oxygens (including phenoxy) is 1. The Morgan fingerprint density at radius 2 is 2.29 bits per heavy atom. The van der Waals surface area contributed by atoms with E-state index < -0.39 is 10.8 Å². The molecule has 0 saturated carbocycles. The first-order valence-electron chi connectivity index (χ1n) is 6.66. The first-order chi connectivity index (χ1) is 9.97. The number of nitrogens with two attached hydrogens (primary N) is 1. The van der Waals surface area contributed by atoms with Gasteiger partial charge in [0.1, 0.15) is 5.75 Å². The normalized spacial score (nSPS) is 14.7. The summed E-state index contributed by atoms with van der Waals surface area (Å²) in [6, 6.07) is 5.80. The predicted octanol–water partition coefficient (Wildman–Crippen LogP) is 1.04. The van der Waals surface area contributed by atoms with E-state index in [4.69, 9.17) is 15.7 Å². The Morgan fingerprint density at radius 3 is 2.86 bits per heavy atom. The van der Waals surface area contributed by atoms with E-state index in [0.29, 0.717) is 23.6 Å². The number of methoxy groups -OCH3 is 1. The highest BCUT2D eigenvalue weighted by atomic mass is 32.2. The van der Waals surface area contributed by atoms with Crippen LogP contribution in [0.25, 0.3) is 0 Å². The van der Waals surface area contributed by atoms with E-state index in [9.17, 15) is 4.21 Å². The van der Waals surface area contributed by atoms with Gasteiger partial charge in [0.25, 0.3) is 0 Å². The van der Waals surface area contributed by atoms with Gasteiger partial charge in [0.05, 0.1) is 12.7 Å². The van der Waals surface area contributed by atoms with E-state index in [1.807, 2.05) is 12.1 Å². The summed E-state index contributed by atoms with van der Waals surface area (Å²) in [5.74, 6) is 1.26. The third-order valence-corrected chi connectivity index (χ3v) is 3.95. The maximum Gasteiger partial charge on any atom is 0.173 e. The fourth-order valence-corrected chi connectivity index (χ4v) is 2.54. The molecular weight excluding hydrogens is 290 g/mol. The van der Waals surface area contributed by atoms with Crippen molar-refractivity contribution in [2.24, 2.45) is 10.9 Å². The average molecular weight is 313 g/mol. The van der Waals surface area contributed by atoms with E-state index >= 15 is 0 Å². The first-order valence-corrected chi connectivity index (χ1v) is 8.38. The third kappa shape index (κ3) is 5.73. The lowest BCUT2D eigenvalue weighted by Gasteiger charge is -2.14. The molecule has 21 heavy (non-hydrogen) atoms. The van der Waals surface area contributed by atoms with E-state index in [0.717, 1.165) is 12.0 Å². The molecule has 0 saturated heterocycles. The summed E-state index contributed by atoms with van der Waals surface area (Å²) in [6.07, 6.45) is 2.56. The van der Waals surface area contributed by atoms with Gasteiger partial charge in [-0.3, -0.25) is 4.21 Å². The smallest absolute Gasteiger partial charge is 0.173 e. The maximum atomic E-state index is 11.1. The minimum Gasteiger partial charge on any atom is -0.496 e. The van der Waals surface area contributed by atoms with Crippen molar-refractivity contribution in [3.05, 3.63) is 29.3 Å². The molecule has 0 radical (unpaired) electrons. The monoisotopic (exact) mass is 313 g/mol. The van der Waals surface area contributed by atoms with Crippen molar-refractivity contribution in [1.82, 2.24) is 5.32 Å². The molecule has 0 aliphatic heterocycles. The molecule has 1 rings (SSSR count). The quantitative estimate of drug-likeness (QED) is 0.288. The molecule has 0 aliphatic carbocycles. The van der Waals surface area contributed by atoms with Gasteiger partial charge in [0.15, 0.2) is 5.84 Å². The van der Waals surface area contributed by atoms with Crippen molar-refractivity contribution in [3.8, 4) is 5.75 Å². The van der Waals surface area contributed by atoms with E-state index in [-0.39, 0.29) is 11.9 Å². The van der Waals surface area contributed by atoms with Gasteiger partial charge >= 0.3 is 0 Å². The van der Waals surface area contributed by atoms with Crippen LogP contribution in [-0.4, -0.2) is 40.4 Å². The molecule has 1 aromatic rings. The van der Waals surface area contributed by atoms with Crippen molar-refractivity contribution in [2.45, 2.75) is 25.9 Å². The Bertz CT molecular complexity index is 520. The number of amidine groups is 1. The Morgan fingerprint density at radius 1 is 1.57 bits per heavy atom. The average Bonchev–Trinajstić information content (AvgIpc) is 2.49. The summed E-state index contributed by atoms with van der Waals surface area (Å²) in [4.78, 5) is 0. The molecular formula is C14H23N3O3S. The lowest BCUT2D eigenvalue weighted by atomic mass is 10.1. The molecule has 0 aliphatic rings. The Labute approximate surface area is 127 Å². The van der Waals surface area contributed by atoms with Crippen molar-refractivity contribution >= 4 is 16.6 Å². The molecule has 0 spiro atoms. The standard InChI is InChI=1S/C14H23N3O3S/c1-10(6-7-21(3)19)16-9-11-4-5-13(20-2)12(8-11)14(15)17-18/h4-5,8,10,16,18H,6-7,9H2,1-3H3,(H2,15,17). The lowest BCUT2D eigenvalue weighted by molar-refractivity contribution is 0.318. The van der Waals surface area contributed by atoms with Crippen LogP contribution in [0.15, 0.2) is 23.4 Å². The zero-order chi connectivity index (χ0) is 15.8. The number of oxime groups is 1. The summed E-state index contributed by atoms with van der Waals surface area (Å²) in [5, 5.41) is 15.2. The predicted molar refractivity (Wildman–Crippen MR) is 85.4 cm³/mol. The minimum atomic E-state index is -0.766. The van der Waals surface area contributed by atoms with E-state index in [1.54, 1.807) is 12.3 Å². The Hall–Kier alpha value is -1.60. The largest absolute Gasteiger partial charge is 0.496 e. The molecule has 1 aromatic carbocycles. The number of rotatable bonds is 8. The van der Waals surface area contributed by atoms with Gasteiger partial charge in [-0.2, -0.15) is 0 Å². The van der Waals surface area contributed by atoms with Crippen molar-refractivity contribution in [1.29, 1.82) is 0 Å². The highest BCUT2D eigenvalue weighted by Crippen LogP contribution is 2.19. The maximum absolute atomic E-state index is 11.1. The highest BCUT2D eigenvalue weighted by molar-refractivity contribution is 7.84. The van der Waals surface area contributed by atoms with Gasteiger partial charge in [0.2, 0.25) is 0 Å². The van der Waals surface area contributed by atoms with Crippen molar-refractivity contribution in [3.63, 3.8) is 0 Å². The summed E-state index contributed by atoms with van der Waals surface area (Å²) < 4.78 is 16.3. The lowest BCUT2D eigenvalue weighted by Crippen LogP contribution is -2.27. The minimum absolute atomic E-state index is 0.0168. The highest BCUT2D eigenvalue weighted by Gasteiger charge is 2.10. The number of nitrogens with zero attached hydrogens (tertiary/aromatic N) is 1. The molecule has 0 fully saturated rings. The van der Waals surface area contributed by atoms with Crippen molar-refractivity contribution < 1.29 is 14.2 Å². The fraction of sp³-hybridized carbons (Fsp3) is 0.500. The number of benzene rings is 1. The number of hydrogen-bond acceptors (Lipinski definition) is 5. The zero-order valence-electron chi connectivity index (χ0n) is 12.6. The fourth-order valence-electron chi connectivity index (χ4n) is 1.86. The van der Waals surface area contributed by atoms with E-state index in [2.05, 4.69) is 17.4 Å². The van der Waals surface area contributed by atoms with Crippen LogP contribution < -0.4 is 15.8 Å². The van der Waals surface area contributed by atoms with Gasteiger partial charge in [0, 0.05) is 35.4 Å². The van der Waals surface area contributed by atoms with Crippen LogP contribution in [0, 0.1) is 0 Å². The van der Waals surface area contributed by atoms with Crippen molar-refractivity contribution in [2.75, 3.05) is 19.1 Å². The molecule has 0 amide bonds. The zero-order valence-corrected chi connectivity index (χ0v) is 13.4. The summed E-state index contributed by atoms with van der Waals surface area (Å²) in [6.45, 7) is 2.70. The topological polar surface area (TPSA) is 96.9 Å². The summed E-state index contributed by atoms with van der Waals surface area (Å²) in [7, 11) is 0.770. The van der Waals surface area contributed by atoms with Gasteiger partial charge < -0.3 is 21.0 Å². The Balaban J connectivity index is 2.70. The SMILES string of the molecule is COc1ccc(CNC(C)CCS(C)=O)cc1/C(N)=N/O. The summed E-state index contributed by atoms with van der Waals surface area (Å²) in [5.41, 5.74) is 7.20. The van der Waals surface area contributed by atoms with Crippen LogP contribution in [0.2, 0.25) is 0 Å². The molecule has 4 N–H and O–H groups in total. The first kappa shape index (κ1) is 17.5. The third-order valence-electron chi connectivity index (χ3n) is 3.14. The van der Waals surface area contributed by atoms with Crippen LogP contribution in [-0.2, 0) is 17.3 Å². The molecule has 0 bridgehead atoms. The number of nitrogens with one attached hydrogen (secondary N) is 1. The van der Waals surface area contributed by atoms with Gasteiger partial charge in [-0.05, 0) is 31.0 Å². The van der Waals surface area contributed by atoms with Gasteiger partial charge in [-0.15, -0.1) is 0 Å². The Kier molecular flexibility index (Phi) is 7.18. The van der Waals surface area contributed by atoms with Crippen LogP contribution in [0.3, 0.4) is 0 Å². The molecule has 7 heteroatoms. The molecule has 6 nitrogen and oxygen atoms in total. The molecule has 2 atom stereocenters. The van der Waals surface area contributed by atoms with Crippen LogP contribution >= 0.6 is 0 Å². The van der Waals surface area contributed by atoms with Crippen LogP contribution in [0.4, 0.5) is 0 Å². The second-order valence-corrected chi connectivity index (χ2v) is 6.42. The second kappa shape index (κ2) is 8.63. The second-order valence-electron chi connectivity index (χ2n) is 4.87. The number of hydrogen-bond donors (Lipinski definition) is 3. The van der Waals surface area contributed by atoms with Gasteiger partial charge in [-0.25, -0.2) is 0 Å². The molecule has 118 valence electrons. The van der Waals surface area contributed by atoms with Crippen LogP contribution in [0.5, 0.6) is 5.75 Å². The molecule has 0 heterocycles. The summed E-state index contributed by atoms with van der Waals surface area (Å²) >= 11 is 0. The van der Waals surface area contributed by atoms with E-state index in [1.165, 1.54) is 7.11 Å². The molecule has 0 aromatic heterocycles. The van der Waals surface area contributed by atoms with Crippen LogP contribution in [0.1, 0.15) is 24.5 Å².